The monoisotopic (exact) mass is 428 g/mol. The quantitative estimate of drug-likeness (QED) is 0.599. The highest BCUT2D eigenvalue weighted by atomic mass is 32.2. The lowest BCUT2D eigenvalue weighted by Crippen LogP contribution is -2.28. The predicted molar refractivity (Wildman–Crippen MR) is 111 cm³/mol. The van der Waals surface area contributed by atoms with Gasteiger partial charge in [-0.2, -0.15) is 5.10 Å². The second-order valence-corrected chi connectivity index (χ2v) is 8.36. The van der Waals surface area contributed by atoms with E-state index in [0.29, 0.717) is 22.5 Å². The third-order valence-electron chi connectivity index (χ3n) is 4.52. The average Bonchev–Trinajstić information content (AvgIpc) is 3.01. The lowest BCUT2D eigenvalue weighted by atomic mass is 10.1. The van der Waals surface area contributed by atoms with Crippen LogP contribution >= 0.6 is 0 Å². The van der Waals surface area contributed by atoms with Crippen LogP contribution in [0.5, 0.6) is 5.75 Å². The van der Waals surface area contributed by atoms with Crippen molar-refractivity contribution < 1.29 is 23.1 Å². The minimum atomic E-state index is -4.07. The molecule has 0 amide bonds. The van der Waals surface area contributed by atoms with Gasteiger partial charge in [0.25, 0.3) is 10.0 Å². The van der Waals surface area contributed by atoms with Gasteiger partial charge in [-0.25, -0.2) is 18.2 Å². The van der Waals surface area contributed by atoms with Crippen LogP contribution in [0.25, 0.3) is 11.0 Å². The van der Waals surface area contributed by atoms with Crippen molar-refractivity contribution in [1.29, 1.82) is 0 Å². The van der Waals surface area contributed by atoms with Crippen molar-refractivity contribution in [3.8, 4) is 17.6 Å². The third kappa shape index (κ3) is 3.67. The van der Waals surface area contributed by atoms with Gasteiger partial charge in [0.1, 0.15) is 17.9 Å². The van der Waals surface area contributed by atoms with Gasteiger partial charge >= 0.3 is 5.97 Å². The number of ether oxygens (including phenoxy) is 1. The van der Waals surface area contributed by atoms with E-state index in [1.54, 1.807) is 20.9 Å². The summed E-state index contributed by atoms with van der Waals surface area (Å²) < 4.78 is 34.4. The standard InChI is InChI=1S/C20H20N4O5S/c1-5-6-11-29-14-7-9-15(10-8-14)30(27,28)24(4)18-16(20(25)26)12-21-19-17(18)13(2)22-23(19)3/h7-10,12H,11H2,1-4H3,(H,25,26). The van der Waals surface area contributed by atoms with Gasteiger partial charge in [0.05, 0.1) is 21.7 Å². The molecule has 9 nitrogen and oxygen atoms in total. The SMILES string of the molecule is CC#CCOc1ccc(S(=O)(=O)N(C)c2c(C(=O)O)cnc3c2c(C)nn3C)cc1. The van der Waals surface area contributed by atoms with Gasteiger partial charge < -0.3 is 9.84 Å². The summed E-state index contributed by atoms with van der Waals surface area (Å²) in [6, 6.07) is 5.84. The first-order valence-corrected chi connectivity index (χ1v) is 10.3. The molecule has 1 aromatic carbocycles. The number of rotatable bonds is 6. The fraction of sp³-hybridized carbons (Fsp3) is 0.250. The number of carbonyl (C=O) groups is 1. The van der Waals surface area contributed by atoms with Crippen LogP contribution in [0.1, 0.15) is 23.0 Å². The van der Waals surface area contributed by atoms with E-state index in [4.69, 9.17) is 4.74 Å². The van der Waals surface area contributed by atoms with Crippen LogP contribution in [-0.2, 0) is 17.1 Å². The number of sulfonamides is 1. The second-order valence-electron chi connectivity index (χ2n) is 6.39. The summed E-state index contributed by atoms with van der Waals surface area (Å²) >= 11 is 0. The first-order valence-electron chi connectivity index (χ1n) is 8.85. The topological polar surface area (TPSA) is 115 Å². The third-order valence-corrected chi connectivity index (χ3v) is 6.29. The molecule has 0 radical (unpaired) electrons. The Balaban J connectivity index is 2.10. The number of pyridine rings is 1. The predicted octanol–water partition coefficient (Wildman–Crippen LogP) is 2.20. The van der Waals surface area contributed by atoms with Crippen LogP contribution in [0.3, 0.4) is 0 Å². The van der Waals surface area contributed by atoms with E-state index >= 15 is 0 Å². The number of aryl methyl sites for hydroxylation is 2. The number of fused-ring (bicyclic) bond motifs is 1. The summed E-state index contributed by atoms with van der Waals surface area (Å²) in [6.45, 7) is 3.56. The lowest BCUT2D eigenvalue weighted by molar-refractivity contribution is 0.0697. The molecule has 0 fully saturated rings. The number of carboxylic acid groups (broad SMARTS) is 1. The maximum Gasteiger partial charge on any atom is 0.339 e. The normalized spacial score (nSPS) is 11.1. The molecule has 1 N–H and O–H groups in total. The zero-order valence-electron chi connectivity index (χ0n) is 16.9. The molecule has 0 saturated carbocycles. The van der Waals surface area contributed by atoms with E-state index in [9.17, 15) is 18.3 Å². The van der Waals surface area contributed by atoms with Crippen LogP contribution in [0.15, 0.2) is 35.4 Å². The molecule has 0 saturated heterocycles. The van der Waals surface area contributed by atoms with Crippen LogP contribution in [0.2, 0.25) is 0 Å². The highest BCUT2D eigenvalue weighted by molar-refractivity contribution is 7.92. The summed E-state index contributed by atoms with van der Waals surface area (Å²) in [6.07, 6.45) is 1.14. The molecule has 0 bridgehead atoms. The molecule has 0 atom stereocenters. The number of anilines is 1. The van der Waals surface area contributed by atoms with Gasteiger partial charge in [0.2, 0.25) is 0 Å². The highest BCUT2D eigenvalue weighted by Crippen LogP contribution is 2.34. The van der Waals surface area contributed by atoms with Gasteiger partial charge in [0.15, 0.2) is 5.65 Å². The summed E-state index contributed by atoms with van der Waals surface area (Å²) in [5.74, 6) is 4.64. The van der Waals surface area contributed by atoms with Crippen LogP contribution in [-0.4, -0.2) is 47.9 Å². The summed E-state index contributed by atoms with van der Waals surface area (Å²) in [5.41, 5.74) is 0.635. The molecule has 10 heteroatoms. The first-order chi connectivity index (χ1) is 14.2. The molecule has 0 spiro atoms. The molecule has 3 rings (SSSR count). The van der Waals surface area contributed by atoms with Crippen molar-refractivity contribution in [1.82, 2.24) is 14.8 Å². The summed E-state index contributed by atoms with van der Waals surface area (Å²) in [5, 5.41) is 14.2. The number of hydrogen-bond acceptors (Lipinski definition) is 6. The molecule has 2 heterocycles. The van der Waals surface area contributed by atoms with E-state index in [-0.39, 0.29) is 22.8 Å². The van der Waals surface area contributed by atoms with Crippen LogP contribution in [0.4, 0.5) is 5.69 Å². The van der Waals surface area contributed by atoms with E-state index in [1.807, 2.05) is 0 Å². The first kappa shape index (κ1) is 21.1. The van der Waals surface area contributed by atoms with Crippen LogP contribution < -0.4 is 9.04 Å². The van der Waals surface area contributed by atoms with Gasteiger partial charge in [-0.3, -0.25) is 8.99 Å². The van der Waals surface area contributed by atoms with Crippen molar-refractivity contribution in [2.24, 2.45) is 7.05 Å². The van der Waals surface area contributed by atoms with Crippen molar-refractivity contribution in [3.63, 3.8) is 0 Å². The maximum absolute atomic E-state index is 13.3. The smallest absolute Gasteiger partial charge is 0.339 e. The molecule has 0 aliphatic heterocycles. The van der Waals surface area contributed by atoms with Gasteiger partial charge in [-0.05, 0) is 38.1 Å². The van der Waals surface area contributed by atoms with Gasteiger partial charge in [-0.15, -0.1) is 5.92 Å². The second kappa shape index (κ2) is 8.04. The number of aromatic nitrogens is 3. The minimum Gasteiger partial charge on any atom is -0.481 e. The molecular formula is C20H20N4O5S. The Kier molecular flexibility index (Phi) is 5.67. The van der Waals surface area contributed by atoms with E-state index in [1.165, 1.54) is 36.0 Å². The number of hydrogen-bond donors (Lipinski definition) is 1. The zero-order valence-corrected chi connectivity index (χ0v) is 17.7. The minimum absolute atomic E-state index is 0.0108. The Morgan fingerprint density at radius 3 is 2.57 bits per heavy atom. The molecule has 156 valence electrons. The largest absolute Gasteiger partial charge is 0.481 e. The number of nitrogens with zero attached hydrogens (tertiary/aromatic N) is 4. The lowest BCUT2D eigenvalue weighted by Gasteiger charge is -2.22. The van der Waals surface area contributed by atoms with Crippen molar-refractivity contribution in [3.05, 3.63) is 41.7 Å². The Bertz CT molecular complexity index is 1280. The van der Waals surface area contributed by atoms with Crippen molar-refractivity contribution in [2.45, 2.75) is 18.7 Å². The maximum atomic E-state index is 13.3. The summed E-state index contributed by atoms with van der Waals surface area (Å²) in [7, 11) is -1.10. The Morgan fingerprint density at radius 2 is 1.97 bits per heavy atom. The Labute approximate surface area is 174 Å². The van der Waals surface area contributed by atoms with E-state index < -0.39 is 16.0 Å². The fourth-order valence-electron chi connectivity index (χ4n) is 3.05. The summed E-state index contributed by atoms with van der Waals surface area (Å²) in [4.78, 5) is 15.9. The molecule has 30 heavy (non-hydrogen) atoms. The van der Waals surface area contributed by atoms with E-state index in [0.717, 1.165) is 10.5 Å². The average molecular weight is 428 g/mol. The molecular weight excluding hydrogens is 408 g/mol. The van der Waals surface area contributed by atoms with Gasteiger partial charge in [0, 0.05) is 20.3 Å². The zero-order chi connectivity index (χ0) is 22.1. The van der Waals surface area contributed by atoms with Crippen molar-refractivity contribution >= 4 is 32.7 Å². The Hall–Kier alpha value is -3.58. The van der Waals surface area contributed by atoms with Crippen LogP contribution in [0, 0.1) is 18.8 Å². The highest BCUT2D eigenvalue weighted by Gasteiger charge is 2.29. The number of aromatic carboxylic acids is 1. The molecule has 0 aliphatic rings. The van der Waals surface area contributed by atoms with Gasteiger partial charge in [-0.1, -0.05) is 5.92 Å². The molecule has 2 aromatic heterocycles. The Morgan fingerprint density at radius 1 is 1.30 bits per heavy atom. The fourth-order valence-corrected chi connectivity index (χ4v) is 4.28. The molecule has 3 aromatic rings. The molecule has 0 unspecified atom stereocenters. The number of carboxylic acids is 1. The van der Waals surface area contributed by atoms with E-state index in [2.05, 4.69) is 21.9 Å². The number of benzene rings is 1. The van der Waals surface area contributed by atoms with Crippen molar-refractivity contribution in [2.75, 3.05) is 18.0 Å². The molecule has 0 aliphatic carbocycles.